The fraction of sp³-hybridized carbons (Fsp3) is 0.750. The van der Waals surface area contributed by atoms with Crippen LogP contribution in [0.4, 0.5) is 4.79 Å². The minimum atomic E-state index is -3.83. The Labute approximate surface area is 150 Å². The number of methoxy groups -OCH3 is 1. The molecule has 8 nitrogen and oxygen atoms in total. The van der Waals surface area contributed by atoms with E-state index >= 15 is 0 Å². The maximum atomic E-state index is 12.1. The van der Waals surface area contributed by atoms with Crippen LogP contribution in [0, 0.1) is 5.92 Å². The van der Waals surface area contributed by atoms with Gasteiger partial charge in [-0.15, -0.1) is 0 Å². The third-order valence-corrected chi connectivity index (χ3v) is 3.78. The number of rotatable bonds is 8. The van der Waals surface area contributed by atoms with Gasteiger partial charge in [-0.25, -0.2) is 9.59 Å². The molecule has 0 heterocycles. The second-order valence-corrected chi connectivity index (χ2v) is 8.31. The van der Waals surface area contributed by atoms with Crippen LogP contribution in [0.25, 0.3) is 0 Å². The summed E-state index contributed by atoms with van der Waals surface area (Å²) in [6.07, 6.45) is 2.05. The van der Waals surface area contributed by atoms with E-state index in [-0.39, 0.29) is 5.92 Å². The zero-order chi connectivity index (χ0) is 19.8. The summed E-state index contributed by atoms with van der Waals surface area (Å²) in [5.74, 6) is -0.816. The molecule has 0 aliphatic heterocycles. The number of amides is 1. The average Bonchev–Trinajstić information content (AvgIpc) is 2.45. The number of hydrogen-bond acceptors (Lipinski definition) is 7. The molecule has 146 valence electrons. The number of esters is 1. The SMILES string of the molecule is CC[C@H](C)[C@H](NC(=O)OC(C)(C)C)[C@H](/C=C/C(=O)OC)OS(C)(=O)=O. The average molecular weight is 379 g/mol. The predicted octanol–water partition coefficient (Wildman–Crippen LogP) is 2.00. The van der Waals surface area contributed by atoms with E-state index in [1.54, 1.807) is 20.8 Å². The van der Waals surface area contributed by atoms with Crippen LogP contribution in [-0.4, -0.2) is 51.6 Å². The van der Waals surface area contributed by atoms with Crippen molar-refractivity contribution in [3.05, 3.63) is 12.2 Å². The third kappa shape index (κ3) is 10.8. The van der Waals surface area contributed by atoms with Gasteiger partial charge in [0, 0.05) is 6.08 Å². The Balaban J connectivity index is 5.56. The number of hydrogen-bond donors (Lipinski definition) is 1. The van der Waals surface area contributed by atoms with Crippen LogP contribution in [-0.2, 0) is 28.6 Å². The normalized spacial score (nSPS) is 16.1. The van der Waals surface area contributed by atoms with Crippen LogP contribution in [0.15, 0.2) is 12.2 Å². The first-order valence-corrected chi connectivity index (χ1v) is 9.74. The van der Waals surface area contributed by atoms with Crippen molar-refractivity contribution >= 4 is 22.2 Å². The Kier molecular flexibility index (Phi) is 9.14. The molecule has 1 N–H and O–H groups in total. The van der Waals surface area contributed by atoms with Gasteiger partial charge in [0.1, 0.15) is 11.7 Å². The zero-order valence-corrected chi connectivity index (χ0v) is 16.7. The van der Waals surface area contributed by atoms with E-state index in [1.807, 2.05) is 13.8 Å². The number of ether oxygens (including phenoxy) is 2. The maximum absolute atomic E-state index is 12.1. The van der Waals surface area contributed by atoms with Gasteiger partial charge in [0.25, 0.3) is 10.1 Å². The lowest BCUT2D eigenvalue weighted by atomic mass is 9.94. The molecule has 0 aromatic heterocycles. The minimum absolute atomic E-state index is 0.151. The molecule has 0 fully saturated rings. The maximum Gasteiger partial charge on any atom is 0.407 e. The standard InChI is InChI=1S/C16H29NO7S/c1-8-11(2)14(17-15(19)23-16(3,4)5)12(24-25(7,20)21)9-10-13(18)22-6/h9-12,14H,8H2,1-7H3,(H,17,19)/b10-9+/t11-,12-,14-/m0/s1. The second kappa shape index (κ2) is 9.76. The smallest absolute Gasteiger partial charge is 0.407 e. The molecule has 9 heteroatoms. The molecule has 0 aromatic carbocycles. The number of carbonyl (C=O) groups excluding carboxylic acids is 2. The molecule has 0 radical (unpaired) electrons. The van der Waals surface area contributed by atoms with Gasteiger partial charge in [0.15, 0.2) is 0 Å². The molecule has 0 aliphatic rings. The second-order valence-electron chi connectivity index (χ2n) is 6.70. The molecule has 0 bridgehead atoms. The van der Waals surface area contributed by atoms with Crippen LogP contribution in [0.2, 0.25) is 0 Å². The molecule has 25 heavy (non-hydrogen) atoms. The zero-order valence-electron chi connectivity index (χ0n) is 15.9. The van der Waals surface area contributed by atoms with Gasteiger partial charge in [-0.2, -0.15) is 8.42 Å². The van der Waals surface area contributed by atoms with Crippen LogP contribution in [0.1, 0.15) is 41.0 Å². The van der Waals surface area contributed by atoms with Crippen molar-refractivity contribution in [1.29, 1.82) is 0 Å². The Morgan fingerprint density at radius 3 is 2.20 bits per heavy atom. The van der Waals surface area contributed by atoms with E-state index in [9.17, 15) is 18.0 Å². The summed E-state index contributed by atoms with van der Waals surface area (Å²) in [7, 11) is -2.63. The van der Waals surface area contributed by atoms with E-state index in [0.717, 1.165) is 12.3 Å². The summed E-state index contributed by atoms with van der Waals surface area (Å²) in [4.78, 5) is 23.4. The van der Waals surface area contributed by atoms with Crippen LogP contribution >= 0.6 is 0 Å². The van der Waals surface area contributed by atoms with Crippen molar-refractivity contribution in [2.24, 2.45) is 5.92 Å². The van der Waals surface area contributed by atoms with Crippen molar-refractivity contribution < 1.29 is 31.7 Å². The first-order chi connectivity index (χ1) is 11.3. The van der Waals surface area contributed by atoms with E-state index in [4.69, 9.17) is 8.92 Å². The first-order valence-electron chi connectivity index (χ1n) is 7.93. The fourth-order valence-electron chi connectivity index (χ4n) is 1.90. The van der Waals surface area contributed by atoms with E-state index in [1.165, 1.54) is 13.2 Å². The molecule has 0 rings (SSSR count). The van der Waals surface area contributed by atoms with Crippen molar-refractivity contribution in [2.45, 2.75) is 58.8 Å². The highest BCUT2D eigenvalue weighted by Crippen LogP contribution is 2.18. The van der Waals surface area contributed by atoms with Crippen molar-refractivity contribution in [3.8, 4) is 0 Å². The lowest BCUT2D eigenvalue weighted by Gasteiger charge is -2.30. The molecule has 3 atom stereocenters. The van der Waals surface area contributed by atoms with Gasteiger partial charge in [0.2, 0.25) is 0 Å². The van der Waals surface area contributed by atoms with Crippen LogP contribution < -0.4 is 5.32 Å². The monoisotopic (exact) mass is 379 g/mol. The number of carbonyl (C=O) groups is 2. The summed E-state index contributed by atoms with van der Waals surface area (Å²) < 4.78 is 37.9. The Morgan fingerprint density at radius 1 is 1.24 bits per heavy atom. The molecule has 1 amide bonds. The molecule has 0 spiro atoms. The van der Waals surface area contributed by atoms with Gasteiger partial charge in [-0.3, -0.25) is 4.18 Å². The lowest BCUT2D eigenvalue weighted by molar-refractivity contribution is -0.134. The number of alkyl carbamates (subject to hydrolysis) is 1. The Bertz CT molecular complexity index is 578. The molecule has 0 unspecified atom stereocenters. The molecular weight excluding hydrogens is 350 g/mol. The summed E-state index contributed by atoms with van der Waals surface area (Å²) in [5.41, 5.74) is -0.709. The minimum Gasteiger partial charge on any atom is -0.466 e. The quantitative estimate of drug-likeness (QED) is 0.390. The van der Waals surface area contributed by atoms with Gasteiger partial charge in [0.05, 0.1) is 19.4 Å². The fourth-order valence-corrected chi connectivity index (χ4v) is 2.49. The summed E-state index contributed by atoms with van der Waals surface area (Å²) in [5, 5.41) is 2.63. The summed E-state index contributed by atoms with van der Waals surface area (Å²) in [6.45, 7) is 8.86. The summed E-state index contributed by atoms with van der Waals surface area (Å²) in [6, 6.07) is -0.726. The lowest BCUT2D eigenvalue weighted by Crippen LogP contribution is -2.49. The van der Waals surface area contributed by atoms with Gasteiger partial charge in [-0.1, -0.05) is 20.3 Å². The molecule has 0 saturated heterocycles. The van der Waals surface area contributed by atoms with Crippen LogP contribution in [0.3, 0.4) is 0 Å². The van der Waals surface area contributed by atoms with Crippen molar-refractivity contribution in [1.82, 2.24) is 5.32 Å². The van der Waals surface area contributed by atoms with E-state index in [0.29, 0.717) is 6.42 Å². The Hall–Kier alpha value is -1.61. The van der Waals surface area contributed by atoms with Crippen LogP contribution in [0.5, 0.6) is 0 Å². The highest BCUT2D eigenvalue weighted by atomic mass is 32.2. The third-order valence-electron chi connectivity index (χ3n) is 3.20. The van der Waals surface area contributed by atoms with E-state index in [2.05, 4.69) is 10.1 Å². The van der Waals surface area contributed by atoms with Gasteiger partial charge in [-0.05, 0) is 32.8 Å². The molecule has 0 aromatic rings. The van der Waals surface area contributed by atoms with Crippen molar-refractivity contribution in [2.75, 3.05) is 13.4 Å². The first kappa shape index (κ1) is 23.4. The molecule has 0 aliphatic carbocycles. The van der Waals surface area contributed by atoms with E-state index < -0.39 is 39.9 Å². The van der Waals surface area contributed by atoms with Gasteiger partial charge < -0.3 is 14.8 Å². The Morgan fingerprint density at radius 2 is 1.80 bits per heavy atom. The highest BCUT2D eigenvalue weighted by Gasteiger charge is 2.31. The summed E-state index contributed by atoms with van der Waals surface area (Å²) >= 11 is 0. The topological polar surface area (TPSA) is 108 Å². The van der Waals surface area contributed by atoms with Gasteiger partial charge >= 0.3 is 12.1 Å². The highest BCUT2D eigenvalue weighted by molar-refractivity contribution is 7.86. The van der Waals surface area contributed by atoms with Crippen molar-refractivity contribution in [3.63, 3.8) is 0 Å². The number of nitrogens with one attached hydrogen (secondary N) is 1. The predicted molar refractivity (Wildman–Crippen MR) is 93.5 cm³/mol. The largest absolute Gasteiger partial charge is 0.466 e. The molecule has 0 saturated carbocycles. The molecular formula is C16H29NO7S.